The molecule has 80 valence electrons. The number of hydrogen-bond acceptors (Lipinski definition) is 5. The van der Waals surface area contributed by atoms with Gasteiger partial charge in [-0.1, -0.05) is 0 Å². The van der Waals surface area contributed by atoms with E-state index in [2.05, 4.69) is 5.32 Å². The topological polar surface area (TPSA) is 82.0 Å². The molecule has 0 bridgehead atoms. The van der Waals surface area contributed by atoms with Gasteiger partial charge in [-0.15, -0.1) is 0 Å². The first-order chi connectivity index (χ1) is 6.12. The highest BCUT2D eigenvalue weighted by molar-refractivity contribution is 4.73. The second-order valence-corrected chi connectivity index (χ2v) is 3.17. The summed E-state index contributed by atoms with van der Waals surface area (Å²) >= 11 is 0. The zero-order valence-corrected chi connectivity index (χ0v) is 7.99. The lowest BCUT2D eigenvalue weighted by Gasteiger charge is -2.20. The molecule has 0 heterocycles. The Morgan fingerprint density at radius 3 is 2.54 bits per heavy atom. The lowest BCUT2D eigenvalue weighted by atomic mass is 10.1. The van der Waals surface area contributed by atoms with E-state index in [1.165, 1.54) is 0 Å². The van der Waals surface area contributed by atoms with Gasteiger partial charge in [0.05, 0.1) is 32.0 Å². The Kier molecular flexibility index (Phi) is 7.12. The van der Waals surface area contributed by atoms with Crippen LogP contribution in [0, 0.1) is 0 Å². The third kappa shape index (κ3) is 8.14. The van der Waals surface area contributed by atoms with Crippen molar-refractivity contribution in [1.29, 1.82) is 0 Å². The number of hydrogen-bond donors (Lipinski definition) is 4. The van der Waals surface area contributed by atoms with E-state index in [1.54, 1.807) is 6.92 Å². The summed E-state index contributed by atoms with van der Waals surface area (Å²) in [5.41, 5.74) is -1.07. The van der Waals surface area contributed by atoms with E-state index in [0.29, 0.717) is 26.3 Å². The summed E-state index contributed by atoms with van der Waals surface area (Å²) in [5, 5.41) is 29.3. The minimum Gasteiger partial charge on any atom is -0.394 e. The van der Waals surface area contributed by atoms with Gasteiger partial charge in [0.2, 0.25) is 0 Å². The Morgan fingerprint density at radius 2 is 2.00 bits per heavy atom. The molecule has 0 aliphatic carbocycles. The van der Waals surface area contributed by atoms with Gasteiger partial charge < -0.3 is 25.4 Å². The monoisotopic (exact) mass is 193 g/mol. The third-order valence-corrected chi connectivity index (χ3v) is 1.51. The molecule has 0 aromatic carbocycles. The molecular formula is C8H19NO4. The first-order valence-electron chi connectivity index (χ1n) is 4.35. The molecule has 0 amide bonds. The highest BCUT2D eigenvalue weighted by atomic mass is 16.5. The second-order valence-electron chi connectivity index (χ2n) is 3.17. The number of ether oxygens (including phenoxy) is 1. The van der Waals surface area contributed by atoms with E-state index in [0.717, 1.165) is 0 Å². The molecule has 0 fully saturated rings. The largest absolute Gasteiger partial charge is 0.394 e. The fraction of sp³-hybridized carbons (Fsp3) is 1.00. The molecule has 5 heteroatoms. The van der Waals surface area contributed by atoms with E-state index in [9.17, 15) is 5.11 Å². The third-order valence-electron chi connectivity index (χ3n) is 1.51. The van der Waals surface area contributed by atoms with Gasteiger partial charge in [-0.25, -0.2) is 0 Å². The fourth-order valence-electron chi connectivity index (χ4n) is 0.725. The zero-order chi connectivity index (χ0) is 10.2. The van der Waals surface area contributed by atoms with Crippen LogP contribution in [0.2, 0.25) is 0 Å². The minimum absolute atomic E-state index is 0.0222. The number of aliphatic hydroxyl groups excluding tert-OH is 2. The van der Waals surface area contributed by atoms with Crippen LogP contribution in [-0.4, -0.2) is 60.4 Å². The number of aliphatic hydroxyl groups is 3. The first kappa shape index (κ1) is 12.8. The minimum atomic E-state index is -1.07. The molecule has 0 aromatic heterocycles. The van der Waals surface area contributed by atoms with Gasteiger partial charge in [-0.2, -0.15) is 0 Å². The van der Waals surface area contributed by atoms with Gasteiger partial charge in [0.15, 0.2) is 0 Å². The van der Waals surface area contributed by atoms with Gasteiger partial charge in [0.1, 0.15) is 0 Å². The van der Waals surface area contributed by atoms with Crippen molar-refractivity contribution in [3.8, 4) is 0 Å². The zero-order valence-electron chi connectivity index (χ0n) is 7.99. The molecule has 1 unspecified atom stereocenters. The smallest absolute Gasteiger partial charge is 0.0972 e. The van der Waals surface area contributed by atoms with Crippen molar-refractivity contribution in [1.82, 2.24) is 5.32 Å². The van der Waals surface area contributed by atoms with Crippen molar-refractivity contribution in [2.24, 2.45) is 0 Å². The molecule has 0 aliphatic heterocycles. The van der Waals surface area contributed by atoms with Gasteiger partial charge >= 0.3 is 0 Å². The van der Waals surface area contributed by atoms with E-state index in [-0.39, 0.29) is 13.2 Å². The van der Waals surface area contributed by atoms with Crippen LogP contribution >= 0.6 is 0 Å². The Balaban J connectivity index is 3.16. The SMILES string of the molecule is CC(O)(CO)CNCCOCCO. The molecule has 0 saturated heterocycles. The normalized spacial score (nSPS) is 15.7. The summed E-state index contributed by atoms with van der Waals surface area (Å²) in [4.78, 5) is 0. The van der Waals surface area contributed by atoms with Crippen molar-refractivity contribution in [2.75, 3.05) is 39.5 Å². The fourth-order valence-corrected chi connectivity index (χ4v) is 0.725. The van der Waals surface area contributed by atoms with Crippen molar-refractivity contribution in [3.05, 3.63) is 0 Å². The molecular weight excluding hydrogens is 174 g/mol. The standard InChI is InChI=1S/C8H19NO4/c1-8(12,7-11)6-9-2-4-13-5-3-10/h9-12H,2-7H2,1H3. The molecule has 4 N–H and O–H groups in total. The molecule has 5 nitrogen and oxygen atoms in total. The lowest BCUT2D eigenvalue weighted by molar-refractivity contribution is 0.00105. The van der Waals surface area contributed by atoms with Crippen LogP contribution in [0.25, 0.3) is 0 Å². The Bertz CT molecular complexity index is 119. The van der Waals surface area contributed by atoms with Crippen LogP contribution in [-0.2, 0) is 4.74 Å². The lowest BCUT2D eigenvalue weighted by Crippen LogP contribution is -2.41. The molecule has 0 spiro atoms. The number of rotatable bonds is 8. The maximum atomic E-state index is 9.33. The average molecular weight is 193 g/mol. The van der Waals surface area contributed by atoms with Crippen molar-refractivity contribution in [3.63, 3.8) is 0 Å². The Hall–Kier alpha value is -0.200. The van der Waals surface area contributed by atoms with Gasteiger partial charge in [-0.3, -0.25) is 0 Å². The van der Waals surface area contributed by atoms with Crippen LogP contribution in [0.15, 0.2) is 0 Å². The highest BCUT2D eigenvalue weighted by Crippen LogP contribution is 1.97. The number of nitrogens with one attached hydrogen (secondary N) is 1. The summed E-state index contributed by atoms with van der Waals surface area (Å²) in [5.74, 6) is 0. The molecule has 13 heavy (non-hydrogen) atoms. The summed E-state index contributed by atoms with van der Waals surface area (Å²) < 4.78 is 4.97. The van der Waals surface area contributed by atoms with Crippen LogP contribution in [0.5, 0.6) is 0 Å². The van der Waals surface area contributed by atoms with Crippen molar-refractivity contribution in [2.45, 2.75) is 12.5 Å². The van der Waals surface area contributed by atoms with E-state index in [1.807, 2.05) is 0 Å². The van der Waals surface area contributed by atoms with Gasteiger partial charge in [0.25, 0.3) is 0 Å². The quantitative estimate of drug-likeness (QED) is 0.346. The summed E-state index contributed by atoms with van der Waals surface area (Å²) in [6.07, 6.45) is 0. The van der Waals surface area contributed by atoms with Crippen LogP contribution in [0.3, 0.4) is 0 Å². The van der Waals surface area contributed by atoms with Crippen molar-refractivity contribution >= 4 is 0 Å². The average Bonchev–Trinajstić information content (AvgIpc) is 2.11. The molecule has 0 aromatic rings. The van der Waals surface area contributed by atoms with Gasteiger partial charge in [-0.05, 0) is 6.92 Å². The summed E-state index contributed by atoms with van der Waals surface area (Å²) in [6.45, 7) is 3.04. The van der Waals surface area contributed by atoms with E-state index in [4.69, 9.17) is 14.9 Å². The van der Waals surface area contributed by atoms with Crippen LogP contribution in [0.1, 0.15) is 6.92 Å². The molecule has 0 rings (SSSR count). The van der Waals surface area contributed by atoms with Crippen LogP contribution < -0.4 is 5.32 Å². The molecule has 0 saturated carbocycles. The summed E-state index contributed by atoms with van der Waals surface area (Å²) in [7, 11) is 0. The van der Waals surface area contributed by atoms with Crippen LogP contribution in [0.4, 0.5) is 0 Å². The maximum absolute atomic E-state index is 9.33. The molecule has 1 atom stereocenters. The van der Waals surface area contributed by atoms with E-state index < -0.39 is 5.60 Å². The summed E-state index contributed by atoms with van der Waals surface area (Å²) in [6, 6.07) is 0. The first-order valence-corrected chi connectivity index (χ1v) is 4.35. The predicted molar refractivity (Wildman–Crippen MR) is 48.5 cm³/mol. The second kappa shape index (κ2) is 7.23. The predicted octanol–water partition coefficient (Wildman–Crippen LogP) is -1.67. The Morgan fingerprint density at radius 1 is 1.31 bits per heavy atom. The van der Waals surface area contributed by atoms with E-state index >= 15 is 0 Å². The van der Waals surface area contributed by atoms with Gasteiger partial charge in [0, 0.05) is 13.1 Å². The van der Waals surface area contributed by atoms with Crippen molar-refractivity contribution < 1.29 is 20.1 Å². The Labute approximate surface area is 78.3 Å². The maximum Gasteiger partial charge on any atom is 0.0972 e. The highest BCUT2D eigenvalue weighted by Gasteiger charge is 2.17. The molecule has 0 radical (unpaired) electrons. The molecule has 0 aliphatic rings.